The minimum atomic E-state index is -0.294. The molecule has 1 N–H and O–H groups in total. The van der Waals surface area contributed by atoms with Crippen LogP contribution < -0.4 is 10.2 Å². The van der Waals surface area contributed by atoms with Gasteiger partial charge in [0, 0.05) is 22.9 Å². The maximum absolute atomic E-state index is 6.65. The Morgan fingerprint density at radius 1 is 1.19 bits per heavy atom. The monoisotopic (exact) mass is 414 g/mol. The molecule has 26 heavy (non-hydrogen) atoms. The quantitative estimate of drug-likeness (QED) is 0.663. The van der Waals surface area contributed by atoms with Crippen molar-refractivity contribution in [1.82, 2.24) is 10.4 Å². The number of ether oxygens (including phenoxy) is 1. The average molecular weight is 415 g/mol. The third-order valence-electron chi connectivity index (χ3n) is 5.93. The first-order chi connectivity index (χ1) is 12.5. The number of nitrogens with one attached hydrogen (secondary N) is 1. The number of fused-ring (bicyclic) bond motifs is 4. The molecule has 4 nitrogen and oxygen atoms in total. The summed E-state index contributed by atoms with van der Waals surface area (Å²) in [7, 11) is 0. The number of hydrogen-bond acceptors (Lipinski definition) is 4. The summed E-state index contributed by atoms with van der Waals surface area (Å²) < 4.78 is 13.6. The van der Waals surface area contributed by atoms with E-state index >= 15 is 0 Å². The van der Waals surface area contributed by atoms with Crippen molar-refractivity contribution in [1.29, 1.82) is 0 Å². The van der Waals surface area contributed by atoms with E-state index in [0.717, 1.165) is 46.2 Å². The van der Waals surface area contributed by atoms with Crippen molar-refractivity contribution in [2.45, 2.75) is 51.3 Å². The van der Waals surface area contributed by atoms with Gasteiger partial charge in [-0.2, -0.15) is 5.01 Å². The summed E-state index contributed by atoms with van der Waals surface area (Å²) >= 11 is 3.61. The molecule has 0 bridgehead atoms. The van der Waals surface area contributed by atoms with E-state index in [2.05, 4.69) is 57.6 Å². The zero-order valence-corrected chi connectivity index (χ0v) is 16.7. The number of hydrogen-bond donors (Lipinski definition) is 1. The Balaban J connectivity index is 1.59. The molecule has 0 radical (unpaired) electrons. The fourth-order valence-electron chi connectivity index (χ4n) is 4.42. The van der Waals surface area contributed by atoms with Gasteiger partial charge in [0.05, 0.1) is 11.7 Å². The van der Waals surface area contributed by atoms with Crippen LogP contribution in [0.25, 0.3) is 5.70 Å². The van der Waals surface area contributed by atoms with Gasteiger partial charge in [0.25, 0.3) is 0 Å². The van der Waals surface area contributed by atoms with E-state index in [0.29, 0.717) is 0 Å². The van der Waals surface area contributed by atoms with Crippen LogP contribution >= 0.6 is 15.9 Å². The standard InChI is InChI=1S/C21H23BrN2O2/c1-13-7-9-21(10-8-13)24-18(16-11-15(22)4-6-19(16)26-21)12-17(23-24)20-5-3-14(2)25-20/h3-6,11-13,18,23H,7-10H2,1-2H3. The summed E-state index contributed by atoms with van der Waals surface area (Å²) in [6.07, 6.45) is 6.71. The lowest BCUT2D eigenvalue weighted by Crippen LogP contribution is -2.60. The van der Waals surface area contributed by atoms with Crippen LogP contribution in [0.3, 0.4) is 0 Å². The molecule has 0 saturated heterocycles. The molecule has 1 fully saturated rings. The van der Waals surface area contributed by atoms with Gasteiger partial charge >= 0.3 is 0 Å². The molecule has 136 valence electrons. The number of furan rings is 1. The Hall–Kier alpha value is -1.72. The highest BCUT2D eigenvalue weighted by atomic mass is 79.9. The molecular formula is C21H23BrN2O2. The zero-order valence-electron chi connectivity index (χ0n) is 15.1. The van der Waals surface area contributed by atoms with E-state index in [4.69, 9.17) is 9.15 Å². The van der Waals surface area contributed by atoms with E-state index in [-0.39, 0.29) is 11.8 Å². The van der Waals surface area contributed by atoms with Crippen molar-refractivity contribution >= 4 is 21.6 Å². The Morgan fingerprint density at radius 3 is 2.73 bits per heavy atom. The van der Waals surface area contributed by atoms with Gasteiger partial charge in [-0.05, 0) is 62.1 Å². The normalized spacial score (nSPS) is 30.3. The average Bonchev–Trinajstić information content (AvgIpc) is 3.25. The summed E-state index contributed by atoms with van der Waals surface area (Å²) in [5, 5.41) is 2.32. The van der Waals surface area contributed by atoms with Gasteiger partial charge < -0.3 is 14.6 Å². The van der Waals surface area contributed by atoms with Gasteiger partial charge in [0.2, 0.25) is 0 Å². The minimum absolute atomic E-state index is 0.144. The fourth-order valence-corrected chi connectivity index (χ4v) is 4.80. The predicted octanol–water partition coefficient (Wildman–Crippen LogP) is 5.55. The molecule has 0 amide bonds. The molecule has 2 aliphatic heterocycles. The molecule has 1 aromatic carbocycles. The Kier molecular flexibility index (Phi) is 3.73. The van der Waals surface area contributed by atoms with Crippen LogP contribution in [0.5, 0.6) is 5.75 Å². The van der Waals surface area contributed by atoms with Gasteiger partial charge in [-0.25, -0.2) is 0 Å². The van der Waals surface area contributed by atoms with Crippen molar-refractivity contribution in [2.24, 2.45) is 5.92 Å². The molecule has 1 aliphatic carbocycles. The SMILES string of the molecule is Cc1ccc(C2=CC3c4cc(Br)ccc4OC4(CCC(C)CC4)N3N2)o1. The highest BCUT2D eigenvalue weighted by Gasteiger charge is 2.51. The van der Waals surface area contributed by atoms with Crippen LogP contribution in [-0.2, 0) is 0 Å². The van der Waals surface area contributed by atoms with E-state index in [9.17, 15) is 0 Å². The van der Waals surface area contributed by atoms with Gasteiger partial charge in [0.1, 0.15) is 11.5 Å². The summed E-state index contributed by atoms with van der Waals surface area (Å²) in [6.45, 7) is 4.32. The Morgan fingerprint density at radius 2 is 2.00 bits per heavy atom. The van der Waals surface area contributed by atoms with E-state index in [1.54, 1.807) is 0 Å². The van der Waals surface area contributed by atoms with Crippen molar-refractivity contribution in [2.75, 3.05) is 0 Å². The van der Waals surface area contributed by atoms with Crippen molar-refractivity contribution in [3.63, 3.8) is 0 Å². The van der Waals surface area contributed by atoms with Crippen molar-refractivity contribution in [3.8, 4) is 5.75 Å². The first-order valence-electron chi connectivity index (χ1n) is 9.37. The van der Waals surface area contributed by atoms with E-state index in [1.807, 2.05) is 19.1 Å². The maximum Gasteiger partial charge on any atom is 0.180 e. The Bertz CT molecular complexity index is 880. The van der Waals surface area contributed by atoms with Crippen LogP contribution in [0, 0.1) is 12.8 Å². The lowest BCUT2D eigenvalue weighted by Gasteiger charge is -2.51. The van der Waals surface area contributed by atoms with Crippen LogP contribution in [0.4, 0.5) is 0 Å². The molecule has 1 spiro atoms. The predicted molar refractivity (Wildman–Crippen MR) is 104 cm³/mol. The van der Waals surface area contributed by atoms with Crippen molar-refractivity contribution < 1.29 is 9.15 Å². The molecule has 5 heteroatoms. The molecule has 3 aliphatic rings. The summed E-state index contributed by atoms with van der Waals surface area (Å²) in [6, 6.07) is 10.5. The second kappa shape index (κ2) is 5.89. The molecular weight excluding hydrogens is 392 g/mol. The fraction of sp³-hybridized carbons (Fsp3) is 0.429. The van der Waals surface area contributed by atoms with Gasteiger partial charge in [0.15, 0.2) is 11.5 Å². The number of rotatable bonds is 1. The first kappa shape index (κ1) is 16.5. The number of halogens is 1. The number of hydrazine groups is 1. The second-order valence-corrected chi connectivity index (χ2v) is 8.75. The summed E-state index contributed by atoms with van der Waals surface area (Å²) in [5.41, 5.74) is 5.54. The first-order valence-corrected chi connectivity index (χ1v) is 10.2. The minimum Gasteiger partial charge on any atom is -0.471 e. The van der Waals surface area contributed by atoms with Crippen LogP contribution in [-0.4, -0.2) is 10.7 Å². The largest absolute Gasteiger partial charge is 0.471 e. The van der Waals surface area contributed by atoms with Gasteiger partial charge in [-0.1, -0.05) is 22.9 Å². The third kappa shape index (κ3) is 2.52. The van der Waals surface area contributed by atoms with Crippen molar-refractivity contribution in [3.05, 3.63) is 58.0 Å². The van der Waals surface area contributed by atoms with E-state index in [1.165, 1.54) is 18.4 Å². The van der Waals surface area contributed by atoms with Gasteiger partial charge in [-0.15, -0.1) is 0 Å². The summed E-state index contributed by atoms with van der Waals surface area (Å²) in [4.78, 5) is 0. The van der Waals surface area contributed by atoms with Crippen LogP contribution in [0.15, 0.2) is 45.3 Å². The molecule has 1 atom stereocenters. The van der Waals surface area contributed by atoms with Gasteiger partial charge in [-0.3, -0.25) is 0 Å². The smallest absolute Gasteiger partial charge is 0.180 e. The molecule has 5 rings (SSSR count). The number of nitrogens with zero attached hydrogens (tertiary/aromatic N) is 1. The molecule has 1 unspecified atom stereocenters. The maximum atomic E-state index is 6.65. The Labute approximate surface area is 162 Å². The van der Waals surface area contributed by atoms with Crippen LogP contribution in [0.1, 0.15) is 55.7 Å². The lowest BCUT2D eigenvalue weighted by molar-refractivity contribution is -0.155. The second-order valence-electron chi connectivity index (χ2n) is 7.83. The molecule has 3 heterocycles. The molecule has 1 saturated carbocycles. The topological polar surface area (TPSA) is 37.6 Å². The lowest BCUT2D eigenvalue weighted by atomic mass is 9.82. The molecule has 1 aromatic heterocycles. The summed E-state index contributed by atoms with van der Waals surface area (Å²) in [5.74, 6) is 3.57. The van der Waals surface area contributed by atoms with E-state index < -0.39 is 0 Å². The molecule has 2 aromatic rings. The highest BCUT2D eigenvalue weighted by Crippen LogP contribution is 2.51. The number of aryl methyl sites for hydroxylation is 1. The number of benzene rings is 1. The zero-order chi connectivity index (χ0) is 17.9. The van der Waals surface area contributed by atoms with Crippen LogP contribution in [0.2, 0.25) is 0 Å². The highest BCUT2D eigenvalue weighted by molar-refractivity contribution is 9.10. The third-order valence-corrected chi connectivity index (χ3v) is 6.43.